The lowest BCUT2D eigenvalue weighted by Gasteiger charge is -2.14. The Morgan fingerprint density at radius 2 is 1.53 bits per heavy atom. The molecule has 1 rings (SSSR count). The van der Waals surface area contributed by atoms with Crippen molar-refractivity contribution in [1.29, 1.82) is 0 Å². The van der Waals surface area contributed by atoms with Crippen LogP contribution in [0.2, 0.25) is 0 Å². The van der Waals surface area contributed by atoms with Crippen molar-refractivity contribution in [3.05, 3.63) is 38.9 Å². The first-order valence-electron chi connectivity index (χ1n) is 4.55. The van der Waals surface area contributed by atoms with Crippen LogP contribution in [-0.4, -0.2) is 10.0 Å². The first-order valence-corrected chi connectivity index (χ1v) is 4.55. The molecule has 0 aliphatic heterocycles. The summed E-state index contributed by atoms with van der Waals surface area (Å²) in [5.74, 6) is 0. The van der Waals surface area contributed by atoms with E-state index in [2.05, 4.69) is 0 Å². The van der Waals surface area contributed by atoms with Crippen molar-refractivity contribution in [2.45, 2.75) is 19.0 Å². The second-order valence-corrected chi connectivity index (χ2v) is 3.44. The van der Waals surface area contributed by atoms with E-state index in [0.717, 1.165) is 0 Å². The van der Waals surface area contributed by atoms with Gasteiger partial charge in [-0.1, -0.05) is 0 Å². The summed E-state index contributed by atoms with van der Waals surface area (Å²) in [6.45, 7) is -1.32. The van der Waals surface area contributed by atoms with Gasteiger partial charge in [-0.25, -0.2) is 0 Å². The van der Waals surface area contributed by atoms with Crippen LogP contribution < -0.4 is 0 Å². The Kier molecular flexibility index (Phi) is 3.75. The lowest BCUT2D eigenvalue weighted by Crippen LogP contribution is -2.15. The number of nitro benzene ring substituents is 1. The maximum absolute atomic E-state index is 12.5. The van der Waals surface area contributed by atoms with E-state index in [9.17, 15) is 36.5 Å². The highest BCUT2D eigenvalue weighted by Crippen LogP contribution is 2.41. The van der Waals surface area contributed by atoms with Crippen LogP contribution in [0.15, 0.2) is 12.1 Å². The molecular weight excluding hydrogens is 284 g/mol. The lowest BCUT2D eigenvalue weighted by atomic mass is 10.0. The van der Waals surface area contributed by atoms with Crippen LogP contribution >= 0.6 is 0 Å². The zero-order chi connectivity index (χ0) is 15.0. The monoisotopic (exact) mass is 289 g/mol. The summed E-state index contributed by atoms with van der Waals surface area (Å²) in [7, 11) is 0. The predicted octanol–water partition coefficient (Wildman–Crippen LogP) is 3.12. The van der Waals surface area contributed by atoms with Gasteiger partial charge in [0.2, 0.25) is 0 Å². The number of nitro groups is 1. The van der Waals surface area contributed by atoms with Crippen LogP contribution in [0.4, 0.5) is 32.0 Å². The maximum atomic E-state index is 12.5. The highest BCUT2D eigenvalue weighted by molar-refractivity contribution is 5.49. The van der Waals surface area contributed by atoms with Crippen LogP contribution in [0.25, 0.3) is 0 Å². The molecule has 19 heavy (non-hydrogen) atoms. The molecular formula is C9H5F6NO3. The Labute approximate surface area is 101 Å². The van der Waals surface area contributed by atoms with Crippen LogP contribution in [0.5, 0.6) is 0 Å². The Morgan fingerprint density at radius 3 is 1.84 bits per heavy atom. The van der Waals surface area contributed by atoms with Crippen molar-refractivity contribution in [2.75, 3.05) is 0 Å². The average molecular weight is 289 g/mol. The molecule has 0 aliphatic rings. The van der Waals surface area contributed by atoms with Crippen molar-refractivity contribution < 1.29 is 36.4 Å². The summed E-state index contributed by atoms with van der Waals surface area (Å²) in [5.41, 5.74) is -6.30. The van der Waals surface area contributed by atoms with Gasteiger partial charge in [-0.3, -0.25) is 10.1 Å². The van der Waals surface area contributed by atoms with Crippen molar-refractivity contribution in [1.82, 2.24) is 0 Å². The van der Waals surface area contributed by atoms with E-state index in [-0.39, 0.29) is 12.1 Å². The lowest BCUT2D eigenvalue weighted by molar-refractivity contribution is -0.388. The summed E-state index contributed by atoms with van der Waals surface area (Å²) < 4.78 is 74.9. The van der Waals surface area contributed by atoms with E-state index < -0.39 is 46.3 Å². The molecule has 4 nitrogen and oxygen atoms in total. The Bertz CT molecular complexity index is 508. The van der Waals surface area contributed by atoms with Gasteiger partial charge in [0.1, 0.15) is 5.56 Å². The number of hydrogen-bond acceptors (Lipinski definition) is 3. The summed E-state index contributed by atoms with van der Waals surface area (Å²) in [6.07, 6.45) is -10.3. The fourth-order valence-corrected chi connectivity index (χ4v) is 1.41. The smallest absolute Gasteiger partial charge is 0.392 e. The van der Waals surface area contributed by atoms with Gasteiger partial charge in [-0.15, -0.1) is 0 Å². The average Bonchev–Trinajstić information content (AvgIpc) is 2.24. The third kappa shape index (κ3) is 3.13. The topological polar surface area (TPSA) is 63.4 Å². The Hall–Kier alpha value is -1.84. The molecule has 0 atom stereocenters. The highest BCUT2D eigenvalue weighted by atomic mass is 19.4. The zero-order valence-electron chi connectivity index (χ0n) is 8.84. The molecule has 0 aromatic heterocycles. The Morgan fingerprint density at radius 1 is 1.05 bits per heavy atom. The number of rotatable bonds is 2. The quantitative estimate of drug-likeness (QED) is 0.517. The molecule has 0 amide bonds. The van der Waals surface area contributed by atoms with Gasteiger partial charge in [0.25, 0.3) is 5.69 Å². The third-order valence-electron chi connectivity index (χ3n) is 2.20. The summed E-state index contributed by atoms with van der Waals surface area (Å²) in [4.78, 5) is 8.87. The number of alkyl halides is 6. The zero-order valence-corrected chi connectivity index (χ0v) is 8.84. The van der Waals surface area contributed by atoms with Crippen LogP contribution in [-0.2, 0) is 19.0 Å². The highest BCUT2D eigenvalue weighted by Gasteiger charge is 2.42. The van der Waals surface area contributed by atoms with E-state index in [1.54, 1.807) is 0 Å². The van der Waals surface area contributed by atoms with Crippen molar-refractivity contribution in [2.24, 2.45) is 0 Å². The molecule has 1 aromatic carbocycles. The molecule has 10 heteroatoms. The predicted molar refractivity (Wildman–Crippen MR) is 49.0 cm³/mol. The molecule has 0 aliphatic carbocycles. The van der Waals surface area contributed by atoms with Crippen molar-refractivity contribution in [3.8, 4) is 0 Å². The maximum Gasteiger partial charge on any atom is 0.423 e. The van der Waals surface area contributed by atoms with Gasteiger partial charge < -0.3 is 5.11 Å². The summed E-state index contributed by atoms with van der Waals surface area (Å²) >= 11 is 0. The standard InChI is InChI=1S/C9H5F6NO3/c10-8(11,12)5-2-7(16(18)19)6(9(13,14)15)1-4(5)3-17/h1-2,17H,3H2. The van der Waals surface area contributed by atoms with Gasteiger partial charge in [0.15, 0.2) is 0 Å². The molecule has 0 radical (unpaired) electrons. The van der Waals surface area contributed by atoms with Gasteiger partial charge in [-0.05, 0) is 11.6 Å². The number of nitrogens with zero attached hydrogens (tertiary/aromatic N) is 1. The van der Waals surface area contributed by atoms with Crippen LogP contribution in [0.1, 0.15) is 16.7 Å². The SMILES string of the molecule is O=[N+]([O-])c1cc(C(F)(F)F)c(CO)cc1C(F)(F)F. The van der Waals surface area contributed by atoms with E-state index in [0.29, 0.717) is 0 Å². The molecule has 0 bridgehead atoms. The molecule has 0 heterocycles. The molecule has 1 aromatic rings. The molecule has 0 saturated carbocycles. The molecule has 0 saturated heterocycles. The number of benzene rings is 1. The minimum atomic E-state index is -5.20. The second-order valence-electron chi connectivity index (χ2n) is 3.44. The molecule has 0 unspecified atom stereocenters. The first-order chi connectivity index (χ1) is 8.48. The normalized spacial score (nSPS) is 12.6. The van der Waals surface area contributed by atoms with Crippen LogP contribution in [0.3, 0.4) is 0 Å². The second kappa shape index (κ2) is 4.68. The van der Waals surface area contributed by atoms with Crippen molar-refractivity contribution >= 4 is 5.69 Å². The van der Waals surface area contributed by atoms with Gasteiger partial charge >= 0.3 is 12.4 Å². The van der Waals surface area contributed by atoms with Crippen molar-refractivity contribution in [3.63, 3.8) is 0 Å². The minimum Gasteiger partial charge on any atom is -0.392 e. The number of hydrogen-bond donors (Lipinski definition) is 1. The Balaban J connectivity index is 3.66. The largest absolute Gasteiger partial charge is 0.423 e. The van der Waals surface area contributed by atoms with Gasteiger partial charge in [0, 0.05) is 6.07 Å². The van der Waals surface area contributed by atoms with E-state index in [4.69, 9.17) is 5.11 Å². The third-order valence-corrected chi connectivity index (χ3v) is 2.20. The summed E-state index contributed by atoms with van der Waals surface area (Å²) in [5, 5.41) is 19.1. The number of aliphatic hydroxyl groups is 1. The molecule has 106 valence electrons. The number of aliphatic hydroxyl groups excluding tert-OH is 1. The fraction of sp³-hybridized carbons (Fsp3) is 0.333. The van der Waals surface area contributed by atoms with E-state index in [1.165, 1.54) is 0 Å². The first kappa shape index (κ1) is 15.2. The van der Waals surface area contributed by atoms with E-state index in [1.807, 2.05) is 0 Å². The molecule has 0 spiro atoms. The van der Waals surface area contributed by atoms with Gasteiger partial charge in [-0.2, -0.15) is 26.3 Å². The molecule has 1 N–H and O–H groups in total. The fourth-order valence-electron chi connectivity index (χ4n) is 1.41. The molecule has 0 fully saturated rings. The van der Waals surface area contributed by atoms with Crippen LogP contribution in [0, 0.1) is 10.1 Å². The number of halogens is 6. The minimum absolute atomic E-state index is 0.0685. The van der Waals surface area contributed by atoms with Gasteiger partial charge in [0.05, 0.1) is 17.1 Å². The van der Waals surface area contributed by atoms with E-state index >= 15 is 0 Å². The summed E-state index contributed by atoms with van der Waals surface area (Å²) in [6, 6.07) is -0.296.